The monoisotopic (exact) mass is 227 g/mol. The van der Waals surface area contributed by atoms with E-state index in [1.54, 1.807) is 0 Å². The van der Waals surface area contributed by atoms with Gasteiger partial charge < -0.3 is 14.7 Å². The fourth-order valence-electron chi connectivity index (χ4n) is 1.36. The van der Waals surface area contributed by atoms with Gasteiger partial charge in [0, 0.05) is 39.3 Å². The number of hydrogen-bond acceptors (Lipinski definition) is 3. The van der Waals surface area contributed by atoms with Crippen molar-refractivity contribution in [1.29, 1.82) is 0 Å². The van der Waals surface area contributed by atoms with E-state index in [2.05, 4.69) is 35.8 Å². The molecule has 1 rings (SSSR count). The topological polar surface area (TPSA) is 9.72 Å². The van der Waals surface area contributed by atoms with Crippen molar-refractivity contribution in [1.82, 2.24) is 14.7 Å². The minimum Gasteiger partial charge on any atom is -0.304 e. The van der Waals surface area contributed by atoms with Gasteiger partial charge in [-0.15, -0.1) is 0 Å². The summed E-state index contributed by atoms with van der Waals surface area (Å²) in [6, 6.07) is 0. The molecule has 0 aromatic rings. The first-order valence-electron chi connectivity index (χ1n) is 4.74. The van der Waals surface area contributed by atoms with Crippen molar-refractivity contribution in [2.24, 2.45) is 0 Å². The van der Waals surface area contributed by atoms with Crippen LogP contribution in [0.1, 0.15) is 0 Å². The quantitative estimate of drug-likeness (QED) is 0.530. The van der Waals surface area contributed by atoms with Crippen LogP contribution in [0.2, 0.25) is 0 Å². The summed E-state index contributed by atoms with van der Waals surface area (Å²) in [5.41, 5.74) is 0. The first-order chi connectivity index (χ1) is 5.68. The zero-order valence-corrected chi connectivity index (χ0v) is 10.0. The Morgan fingerprint density at radius 3 is 0.846 bits per heavy atom. The molecule has 1 heterocycles. The Hall–Kier alpha value is 0.399. The van der Waals surface area contributed by atoms with Crippen LogP contribution in [-0.4, -0.2) is 75.1 Å². The van der Waals surface area contributed by atoms with Gasteiger partial charge in [-0.2, -0.15) is 0 Å². The van der Waals surface area contributed by atoms with Crippen molar-refractivity contribution in [2.75, 3.05) is 60.4 Å². The third-order valence-corrected chi connectivity index (χ3v) is 2.59. The SMILES string of the molecule is CN1CCN(C)CCN(C)CC1.[Fe+3]. The van der Waals surface area contributed by atoms with Crippen LogP contribution in [-0.2, 0) is 17.1 Å². The van der Waals surface area contributed by atoms with Gasteiger partial charge in [-0.05, 0) is 21.1 Å². The summed E-state index contributed by atoms with van der Waals surface area (Å²) in [5, 5.41) is 0. The third kappa shape index (κ3) is 5.65. The molecule has 1 aliphatic rings. The summed E-state index contributed by atoms with van der Waals surface area (Å²) < 4.78 is 0. The molecule has 1 fully saturated rings. The number of hydrogen-bond donors (Lipinski definition) is 0. The summed E-state index contributed by atoms with van der Waals surface area (Å²) in [6.45, 7) is 7.19. The Morgan fingerprint density at radius 1 is 0.538 bits per heavy atom. The van der Waals surface area contributed by atoms with E-state index in [-0.39, 0.29) is 17.1 Å². The molecule has 3 nitrogen and oxygen atoms in total. The average molecular weight is 227 g/mol. The van der Waals surface area contributed by atoms with Gasteiger partial charge in [-0.1, -0.05) is 0 Å². The second-order valence-corrected chi connectivity index (χ2v) is 3.91. The van der Waals surface area contributed by atoms with E-state index >= 15 is 0 Å². The summed E-state index contributed by atoms with van der Waals surface area (Å²) in [6.07, 6.45) is 0. The van der Waals surface area contributed by atoms with Crippen molar-refractivity contribution >= 4 is 0 Å². The first-order valence-corrected chi connectivity index (χ1v) is 4.74. The van der Waals surface area contributed by atoms with Crippen molar-refractivity contribution < 1.29 is 17.1 Å². The molecular formula is C9H21FeN3+3. The zero-order chi connectivity index (χ0) is 8.97. The molecule has 0 N–H and O–H groups in total. The molecule has 0 amide bonds. The molecule has 1 saturated heterocycles. The first kappa shape index (κ1) is 13.4. The molecule has 1 radical (unpaired) electrons. The van der Waals surface area contributed by atoms with E-state index in [1.165, 1.54) is 39.3 Å². The number of rotatable bonds is 0. The second-order valence-electron chi connectivity index (χ2n) is 3.91. The minimum absolute atomic E-state index is 0. The maximum atomic E-state index is 2.40. The van der Waals surface area contributed by atoms with Crippen LogP contribution in [0.4, 0.5) is 0 Å². The van der Waals surface area contributed by atoms with Crippen molar-refractivity contribution in [3.8, 4) is 0 Å². The van der Waals surface area contributed by atoms with Crippen LogP contribution in [0.25, 0.3) is 0 Å². The molecule has 0 spiro atoms. The molecule has 0 saturated carbocycles. The van der Waals surface area contributed by atoms with E-state index in [4.69, 9.17) is 0 Å². The second kappa shape index (κ2) is 6.79. The predicted octanol–water partition coefficient (Wildman–Crippen LogP) is -0.207. The molecule has 13 heavy (non-hydrogen) atoms. The largest absolute Gasteiger partial charge is 3.00 e. The smallest absolute Gasteiger partial charge is 0.304 e. The fraction of sp³-hybridized carbons (Fsp3) is 1.00. The van der Waals surface area contributed by atoms with Gasteiger partial charge in [-0.25, -0.2) is 0 Å². The Balaban J connectivity index is 0.00000144. The summed E-state index contributed by atoms with van der Waals surface area (Å²) >= 11 is 0. The molecule has 0 bridgehead atoms. The van der Waals surface area contributed by atoms with Gasteiger partial charge in [0.15, 0.2) is 0 Å². The maximum absolute atomic E-state index is 2.40. The van der Waals surface area contributed by atoms with Crippen molar-refractivity contribution in [2.45, 2.75) is 0 Å². The summed E-state index contributed by atoms with van der Waals surface area (Å²) in [5.74, 6) is 0. The van der Waals surface area contributed by atoms with Crippen LogP contribution < -0.4 is 0 Å². The molecule has 0 aromatic carbocycles. The van der Waals surface area contributed by atoms with Crippen LogP contribution in [0.15, 0.2) is 0 Å². The molecule has 0 aliphatic carbocycles. The fourth-order valence-corrected chi connectivity index (χ4v) is 1.36. The van der Waals surface area contributed by atoms with Gasteiger partial charge in [0.2, 0.25) is 0 Å². The Morgan fingerprint density at radius 2 is 0.692 bits per heavy atom. The Bertz CT molecular complexity index is 96.3. The molecule has 77 valence electrons. The molecule has 0 atom stereocenters. The van der Waals surface area contributed by atoms with Crippen molar-refractivity contribution in [3.63, 3.8) is 0 Å². The van der Waals surface area contributed by atoms with Crippen LogP contribution >= 0.6 is 0 Å². The standard InChI is InChI=1S/C9H21N3.Fe/c1-10-4-6-11(2)8-9-12(3)7-5-10;/h4-9H2,1-3H3;/q;+3. The average Bonchev–Trinajstić information content (AvgIpc) is 2.11. The van der Waals surface area contributed by atoms with Gasteiger partial charge >= 0.3 is 17.1 Å². The van der Waals surface area contributed by atoms with E-state index in [1.807, 2.05) is 0 Å². The molecule has 4 heteroatoms. The zero-order valence-electron chi connectivity index (χ0n) is 8.94. The van der Waals surface area contributed by atoms with Gasteiger partial charge in [0.1, 0.15) is 0 Å². The van der Waals surface area contributed by atoms with Gasteiger partial charge in [-0.3, -0.25) is 0 Å². The minimum atomic E-state index is 0. The number of nitrogens with zero attached hydrogens (tertiary/aromatic N) is 3. The van der Waals surface area contributed by atoms with E-state index in [0.717, 1.165) is 0 Å². The van der Waals surface area contributed by atoms with Crippen LogP contribution in [0.5, 0.6) is 0 Å². The Labute approximate surface area is 92.5 Å². The molecule has 0 aromatic heterocycles. The summed E-state index contributed by atoms with van der Waals surface area (Å²) in [4.78, 5) is 7.20. The van der Waals surface area contributed by atoms with E-state index < -0.39 is 0 Å². The van der Waals surface area contributed by atoms with E-state index in [9.17, 15) is 0 Å². The van der Waals surface area contributed by atoms with E-state index in [0.29, 0.717) is 0 Å². The Kier molecular flexibility index (Phi) is 7.00. The van der Waals surface area contributed by atoms with Crippen molar-refractivity contribution in [3.05, 3.63) is 0 Å². The van der Waals surface area contributed by atoms with Gasteiger partial charge in [0.25, 0.3) is 0 Å². The van der Waals surface area contributed by atoms with Crippen LogP contribution in [0, 0.1) is 0 Å². The number of likely N-dealkylation sites (N-methyl/N-ethyl adjacent to an activating group) is 3. The summed E-state index contributed by atoms with van der Waals surface area (Å²) in [7, 11) is 6.60. The van der Waals surface area contributed by atoms with Gasteiger partial charge in [0.05, 0.1) is 0 Å². The normalized spacial score (nSPS) is 24.2. The van der Waals surface area contributed by atoms with Crippen LogP contribution in [0.3, 0.4) is 0 Å². The predicted molar refractivity (Wildman–Crippen MR) is 52.5 cm³/mol. The molecular weight excluding hydrogens is 206 g/mol. The maximum Gasteiger partial charge on any atom is 3.00 e. The third-order valence-electron chi connectivity index (χ3n) is 2.59. The molecule has 1 aliphatic heterocycles. The molecule has 0 unspecified atom stereocenters.